The smallest absolute Gasteiger partial charge is 0.119 e. The lowest BCUT2D eigenvalue weighted by atomic mass is 10.1. The molecule has 23 heavy (non-hydrogen) atoms. The molecule has 1 fully saturated rings. The second-order valence-electron chi connectivity index (χ2n) is 7.12. The van der Waals surface area contributed by atoms with Crippen LogP contribution in [0.15, 0.2) is 24.3 Å². The lowest BCUT2D eigenvalue weighted by Gasteiger charge is -2.34. The van der Waals surface area contributed by atoms with E-state index in [-0.39, 0.29) is 0 Å². The lowest BCUT2D eigenvalue weighted by molar-refractivity contribution is 0.0842. The van der Waals surface area contributed by atoms with E-state index in [4.69, 9.17) is 4.74 Å². The maximum atomic E-state index is 10.2. The largest absolute Gasteiger partial charge is 0.490 e. The minimum absolute atomic E-state index is 0.314. The Morgan fingerprint density at radius 1 is 1.17 bits per heavy atom. The van der Waals surface area contributed by atoms with Crippen LogP contribution in [0.1, 0.15) is 44.8 Å². The zero-order valence-electron chi connectivity index (χ0n) is 15.0. The highest BCUT2D eigenvalue weighted by molar-refractivity contribution is 5.28. The first-order valence-corrected chi connectivity index (χ1v) is 8.79. The van der Waals surface area contributed by atoms with E-state index in [1.54, 1.807) is 0 Å². The number of hydrogen-bond donors (Lipinski definition) is 1. The topological polar surface area (TPSA) is 35.9 Å². The molecule has 0 radical (unpaired) electrons. The van der Waals surface area contributed by atoms with Gasteiger partial charge in [-0.15, -0.1) is 0 Å². The lowest BCUT2D eigenvalue weighted by Crippen LogP contribution is -2.41. The Morgan fingerprint density at radius 2 is 1.78 bits per heavy atom. The molecule has 130 valence electrons. The van der Waals surface area contributed by atoms with Gasteiger partial charge in [0.15, 0.2) is 0 Å². The molecule has 0 aromatic heterocycles. The molecule has 4 heteroatoms. The van der Waals surface area contributed by atoms with Gasteiger partial charge in [0.1, 0.15) is 11.9 Å². The molecule has 1 unspecified atom stereocenters. The Kier molecular flexibility index (Phi) is 6.88. The van der Waals surface area contributed by atoms with Gasteiger partial charge in [0.25, 0.3) is 0 Å². The molecule has 1 N–H and O–H groups in total. The second-order valence-corrected chi connectivity index (χ2v) is 7.12. The Morgan fingerprint density at radius 3 is 2.30 bits per heavy atom. The van der Waals surface area contributed by atoms with Crippen LogP contribution in [0.2, 0.25) is 0 Å². The van der Waals surface area contributed by atoms with Crippen LogP contribution < -0.4 is 4.74 Å². The van der Waals surface area contributed by atoms with Crippen LogP contribution >= 0.6 is 0 Å². The van der Waals surface area contributed by atoms with E-state index in [2.05, 4.69) is 23.6 Å². The number of benzene rings is 1. The van der Waals surface area contributed by atoms with Crippen molar-refractivity contribution in [1.29, 1.82) is 0 Å². The molecule has 0 saturated carbocycles. The second kappa shape index (κ2) is 8.67. The van der Waals surface area contributed by atoms with Crippen molar-refractivity contribution in [3.63, 3.8) is 0 Å². The molecular weight excluding hydrogens is 288 g/mol. The van der Waals surface area contributed by atoms with Crippen molar-refractivity contribution in [2.45, 2.75) is 51.4 Å². The number of nitrogens with zero attached hydrogens (tertiary/aromatic N) is 2. The highest BCUT2D eigenvalue weighted by Crippen LogP contribution is 2.23. The van der Waals surface area contributed by atoms with Crippen LogP contribution in [0, 0.1) is 0 Å². The molecule has 2 rings (SSSR count). The summed E-state index contributed by atoms with van der Waals surface area (Å²) in [5.41, 5.74) is 0.967. The van der Waals surface area contributed by atoms with Crippen molar-refractivity contribution < 1.29 is 9.84 Å². The fraction of sp³-hybridized carbons (Fsp3) is 0.684. The van der Waals surface area contributed by atoms with Crippen LogP contribution in [0.5, 0.6) is 5.75 Å². The molecular formula is C19H32N2O2. The van der Waals surface area contributed by atoms with Gasteiger partial charge in [-0.05, 0) is 64.9 Å². The van der Waals surface area contributed by atoms with Crippen LogP contribution in [-0.2, 0) is 0 Å². The van der Waals surface area contributed by atoms with Gasteiger partial charge in [-0.2, -0.15) is 0 Å². The van der Waals surface area contributed by atoms with Crippen LogP contribution in [0.25, 0.3) is 0 Å². The summed E-state index contributed by atoms with van der Waals surface area (Å²) in [6, 6.07) is 8.57. The fourth-order valence-electron chi connectivity index (χ4n) is 3.02. The predicted molar refractivity (Wildman–Crippen MR) is 94.9 cm³/mol. The summed E-state index contributed by atoms with van der Waals surface area (Å²) in [6.45, 7) is 7.62. The van der Waals surface area contributed by atoms with E-state index in [1.807, 2.05) is 38.4 Å². The molecule has 0 bridgehead atoms. The van der Waals surface area contributed by atoms with Gasteiger partial charge >= 0.3 is 0 Å². The minimum atomic E-state index is -0.402. The minimum Gasteiger partial charge on any atom is -0.490 e. The first-order valence-electron chi connectivity index (χ1n) is 8.79. The zero-order valence-corrected chi connectivity index (χ0v) is 15.0. The standard InChI is InChI=1S/C19H32N2O2/c1-15(2)21-13-9-18(10-14-21)23-17-7-5-16(6-8-17)19(22)11-12-20(3)4/h5-8,15,18-19,22H,9-14H2,1-4H3. The molecule has 1 heterocycles. The van der Waals surface area contributed by atoms with E-state index in [0.717, 1.165) is 50.2 Å². The fourth-order valence-corrected chi connectivity index (χ4v) is 3.02. The van der Waals surface area contributed by atoms with E-state index in [1.165, 1.54) is 0 Å². The number of hydrogen-bond acceptors (Lipinski definition) is 4. The van der Waals surface area contributed by atoms with Crippen molar-refractivity contribution in [2.75, 3.05) is 33.7 Å². The van der Waals surface area contributed by atoms with Gasteiger partial charge in [-0.3, -0.25) is 0 Å². The van der Waals surface area contributed by atoms with Crippen molar-refractivity contribution in [1.82, 2.24) is 9.80 Å². The van der Waals surface area contributed by atoms with Crippen LogP contribution in [0.4, 0.5) is 0 Å². The molecule has 1 saturated heterocycles. The number of piperidine rings is 1. The molecule has 1 atom stereocenters. The molecule has 1 aliphatic heterocycles. The average Bonchev–Trinajstić information content (AvgIpc) is 2.54. The third-order valence-corrected chi connectivity index (χ3v) is 4.62. The highest BCUT2D eigenvalue weighted by atomic mass is 16.5. The Labute approximate surface area is 141 Å². The maximum Gasteiger partial charge on any atom is 0.119 e. The van der Waals surface area contributed by atoms with Crippen molar-refractivity contribution in [3.05, 3.63) is 29.8 Å². The summed E-state index contributed by atoms with van der Waals surface area (Å²) in [5.74, 6) is 0.913. The van der Waals surface area contributed by atoms with Crippen LogP contribution in [0.3, 0.4) is 0 Å². The molecule has 1 aromatic carbocycles. The van der Waals surface area contributed by atoms with Crippen molar-refractivity contribution in [2.24, 2.45) is 0 Å². The Balaban J connectivity index is 1.81. The van der Waals surface area contributed by atoms with Gasteiger partial charge in [0.2, 0.25) is 0 Å². The SMILES string of the molecule is CC(C)N1CCC(Oc2ccc(C(O)CCN(C)C)cc2)CC1. The normalized spacial score (nSPS) is 18.6. The summed E-state index contributed by atoms with van der Waals surface area (Å²) < 4.78 is 6.10. The quantitative estimate of drug-likeness (QED) is 0.838. The third kappa shape index (κ3) is 5.79. The van der Waals surface area contributed by atoms with E-state index in [9.17, 15) is 5.11 Å². The molecule has 1 aliphatic rings. The van der Waals surface area contributed by atoms with Crippen LogP contribution in [-0.4, -0.2) is 60.8 Å². The first kappa shape index (κ1) is 18.2. The van der Waals surface area contributed by atoms with Gasteiger partial charge in [-0.25, -0.2) is 0 Å². The summed E-state index contributed by atoms with van der Waals surface area (Å²) in [6.07, 6.45) is 2.84. The van der Waals surface area contributed by atoms with E-state index in [0.29, 0.717) is 12.1 Å². The summed E-state index contributed by atoms with van der Waals surface area (Å²) in [5, 5.41) is 10.2. The molecule has 4 nitrogen and oxygen atoms in total. The monoisotopic (exact) mass is 320 g/mol. The molecule has 0 spiro atoms. The maximum absolute atomic E-state index is 10.2. The molecule has 0 amide bonds. The number of aliphatic hydroxyl groups is 1. The number of aliphatic hydroxyl groups excluding tert-OH is 1. The first-order chi connectivity index (χ1) is 11.0. The summed E-state index contributed by atoms with van der Waals surface area (Å²) in [7, 11) is 4.04. The number of ether oxygens (including phenoxy) is 1. The van der Waals surface area contributed by atoms with Crippen molar-refractivity contribution >= 4 is 0 Å². The van der Waals surface area contributed by atoms with Gasteiger partial charge in [0.05, 0.1) is 6.10 Å². The van der Waals surface area contributed by atoms with Gasteiger partial charge < -0.3 is 19.6 Å². The zero-order chi connectivity index (χ0) is 16.8. The third-order valence-electron chi connectivity index (χ3n) is 4.62. The van der Waals surface area contributed by atoms with Gasteiger partial charge in [0, 0.05) is 25.7 Å². The summed E-state index contributed by atoms with van der Waals surface area (Å²) in [4.78, 5) is 4.59. The van der Waals surface area contributed by atoms with Gasteiger partial charge in [-0.1, -0.05) is 12.1 Å². The number of likely N-dealkylation sites (tertiary alicyclic amines) is 1. The summed E-state index contributed by atoms with van der Waals surface area (Å²) >= 11 is 0. The van der Waals surface area contributed by atoms with E-state index >= 15 is 0 Å². The Bertz CT molecular complexity index is 451. The van der Waals surface area contributed by atoms with Crippen molar-refractivity contribution in [3.8, 4) is 5.75 Å². The predicted octanol–water partition coefficient (Wildman–Crippen LogP) is 2.92. The molecule has 0 aliphatic carbocycles. The Hall–Kier alpha value is -1.10. The van der Waals surface area contributed by atoms with E-state index < -0.39 is 6.10 Å². The number of rotatable bonds is 7. The highest BCUT2D eigenvalue weighted by Gasteiger charge is 2.22. The average molecular weight is 320 g/mol. The molecule has 1 aromatic rings.